The highest BCUT2D eigenvalue weighted by Gasteiger charge is 2.52. The van der Waals surface area contributed by atoms with Crippen molar-refractivity contribution in [1.29, 1.82) is 0 Å². The molecule has 6 bridgehead atoms. The van der Waals surface area contributed by atoms with Gasteiger partial charge in [0.1, 0.15) is 0 Å². The van der Waals surface area contributed by atoms with Gasteiger partial charge in [-0.3, -0.25) is 0 Å². The molecule has 174 valence electrons. The molecule has 0 N–H and O–H groups in total. The van der Waals surface area contributed by atoms with Crippen LogP contribution in [-0.2, 0) is 0 Å². The van der Waals surface area contributed by atoms with E-state index >= 15 is 0 Å². The summed E-state index contributed by atoms with van der Waals surface area (Å²) >= 11 is 0. The first-order valence-electron chi connectivity index (χ1n) is 14.4. The largest absolute Gasteiger partial charge is 0.0620 e. The molecule has 0 amide bonds. The number of hydrogen-bond donors (Lipinski definition) is 0. The van der Waals surface area contributed by atoms with Crippen LogP contribution in [0, 0.1) is 0 Å². The third-order valence-corrected chi connectivity index (χ3v) is 11.3. The van der Waals surface area contributed by atoms with Crippen molar-refractivity contribution in [3.63, 3.8) is 0 Å². The number of benzene rings is 4. The summed E-state index contributed by atoms with van der Waals surface area (Å²) in [5, 5.41) is 0. The molecule has 0 spiro atoms. The SMILES string of the molecule is c1ccc2c(c1)[C@H]1CC[C@@H]2c2c1c1c(c3c2[C@@H]2CC[C@H]3c3ccccc32)[C@@H]2CC[C@H]1c1ccccc12. The van der Waals surface area contributed by atoms with Gasteiger partial charge in [-0.15, -0.1) is 0 Å². The Hall–Kier alpha value is -3.12. The average molecular weight is 463 g/mol. The zero-order chi connectivity index (χ0) is 23.1. The molecule has 0 radical (unpaired) electrons. The first kappa shape index (κ1) is 19.1. The Bertz CT molecular complexity index is 1300. The van der Waals surface area contributed by atoms with Gasteiger partial charge in [0.05, 0.1) is 0 Å². The Morgan fingerprint density at radius 1 is 0.278 bits per heavy atom. The summed E-state index contributed by atoms with van der Waals surface area (Å²) in [6.07, 6.45) is 8.02. The third kappa shape index (κ3) is 2.02. The lowest BCUT2D eigenvalue weighted by Gasteiger charge is -2.54. The number of fused-ring (bicyclic) bond motifs is 3. The molecule has 0 saturated carbocycles. The van der Waals surface area contributed by atoms with Crippen molar-refractivity contribution in [1.82, 2.24) is 0 Å². The van der Waals surface area contributed by atoms with Crippen LogP contribution in [-0.4, -0.2) is 0 Å². The zero-order valence-corrected chi connectivity index (χ0v) is 20.6. The van der Waals surface area contributed by atoms with E-state index in [4.69, 9.17) is 0 Å². The lowest BCUT2D eigenvalue weighted by molar-refractivity contribution is 0.443. The summed E-state index contributed by atoms with van der Waals surface area (Å²) in [6.45, 7) is 0. The van der Waals surface area contributed by atoms with Crippen LogP contribution in [0.4, 0.5) is 0 Å². The lowest BCUT2D eigenvalue weighted by atomic mass is 9.50. The van der Waals surface area contributed by atoms with E-state index in [-0.39, 0.29) is 0 Å². The Labute approximate surface area is 213 Å². The second-order valence-corrected chi connectivity index (χ2v) is 12.4. The molecule has 0 unspecified atom stereocenters. The molecule has 13 rings (SSSR count). The van der Waals surface area contributed by atoms with Gasteiger partial charge in [-0.1, -0.05) is 72.8 Å². The summed E-state index contributed by atoms with van der Waals surface area (Å²) in [6, 6.07) is 28.6. The van der Waals surface area contributed by atoms with Gasteiger partial charge in [0.25, 0.3) is 0 Å². The van der Waals surface area contributed by atoms with Gasteiger partial charge >= 0.3 is 0 Å². The zero-order valence-electron chi connectivity index (χ0n) is 20.6. The molecule has 0 heteroatoms. The van der Waals surface area contributed by atoms with Crippen LogP contribution in [0.25, 0.3) is 0 Å². The van der Waals surface area contributed by atoms with Crippen molar-refractivity contribution in [2.45, 2.75) is 74.0 Å². The van der Waals surface area contributed by atoms with Crippen LogP contribution in [0.1, 0.15) is 141 Å². The van der Waals surface area contributed by atoms with Crippen LogP contribution in [0.15, 0.2) is 72.8 Å². The van der Waals surface area contributed by atoms with Crippen molar-refractivity contribution in [3.8, 4) is 0 Å². The molecule has 0 aromatic heterocycles. The molecule has 4 aromatic carbocycles. The van der Waals surface area contributed by atoms with Crippen LogP contribution >= 0.6 is 0 Å². The summed E-state index contributed by atoms with van der Waals surface area (Å²) in [5.74, 6) is 3.60. The maximum Gasteiger partial charge on any atom is 0.00987 e. The van der Waals surface area contributed by atoms with E-state index in [1.807, 2.05) is 33.4 Å². The minimum Gasteiger partial charge on any atom is -0.0620 e. The second-order valence-electron chi connectivity index (χ2n) is 12.4. The monoisotopic (exact) mass is 462 g/mol. The van der Waals surface area contributed by atoms with E-state index in [9.17, 15) is 0 Å². The smallest absolute Gasteiger partial charge is 0.00987 e. The second kappa shape index (κ2) is 6.41. The molecular weight excluding hydrogens is 432 g/mol. The van der Waals surface area contributed by atoms with E-state index in [0.29, 0.717) is 35.5 Å². The Balaban J connectivity index is 1.37. The lowest BCUT2D eigenvalue weighted by Crippen LogP contribution is -2.38. The van der Waals surface area contributed by atoms with Crippen molar-refractivity contribution in [3.05, 3.63) is 140 Å². The van der Waals surface area contributed by atoms with Crippen LogP contribution in [0.3, 0.4) is 0 Å². The molecule has 0 nitrogen and oxygen atoms in total. The molecule has 0 aliphatic heterocycles. The summed E-state index contributed by atoms with van der Waals surface area (Å²) in [7, 11) is 0. The first-order valence-corrected chi connectivity index (χ1v) is 14.4. The Morgan fingerprint density at radius 3 is 0.611 bits per heavy atom. The quantitative estimate of drug-likeness (QED) is 0.245. The van der Waals surface area contributed by atoms with E-state index in [0.717, 1.165) is 0 Å². The van der Waals surface area contributed by atoms with Crippen molar-refractivity contribution < 1.29 is 0 Å². The summed E-state index contributed by atoms with van der Waals surface area (Å²) in [4.78, 5) is 0. The minimum absolute atomic E-state index is 0.599. The first-order chi connectivity index (χ1) is 17.9. The van der Waals surface area contributed by atoms with Crippen molar-refractivity contribution in [2.75, 3.05) is 0 Å². The van der Waals surface area contributed by atoms with Crippen LogP contribution < -0.4 is 0 Å². The molecule has 9 aliphatic rings. The van der Waals surface area contributed by atoms with Crippen molar-refractivity contribution in [2.24, 2.45) is 0 Å². The molecule has 36 heavy (non-hydrogen) atoms. The average Bonchev–Trinajstić information content (AvgIpc) is 2.97. The molecule has 6 atom stereocenters. The third-order valence-electron chi connectivity index (χ3n) is 11.3. The van der Waals surface area contributed by atoms with Gasteiger partial charge in [-0.05, 0) is 105 Å². The molecule has 0 fully saturated rings. The predicted octanol–water partition coefficient (Wildman–Crippen LogP) is 8.80. The predicted molar refractivity (Wildman–Crippen MR) is 145 cm³/mol. The standard InChI is InChI=1S/C36H30/c1-2-8-20-19(7-1)25-13-14-26(20)32-31(25)33-27-15-16-29(22-10-4-3-9-21(22)27)35(33)36-30-18-17-28(34(32)36)23-11-5-6-12-24(23)30/h1-12,25-30H,13-18H2/t25-,26+,27+,28-,29-,30+. The normalized spacial score (nSPS) is 30.7. The number of rotatable bonds is 0. The maximum absolute atomic E-state index is 2.47. The Morgan fingerprint density at radius 2 is 0.444 bits per heavy atom. The summed E-state index contributed by atoms with van der Waals surface area (Å²) < 4.78 is 0. The molecular formula is C36H30. The molecule has 0 saturated heterocycles. The van der Waals surface area contributed by atoms with E-state index in [1.165, 1.54) is 38.5 Å². The van der Waals surface area contributed by atoms with E-state index < -0.39 is 0 Å². The van der Waals surface area contributed by atoms with Gasteiger partial charge in [-0.25, -0.2) is 0 Å². The molecule has 4 aromatic rings. The van der Waals surface area contributed by atoms with Crippen LogP contribution in [0.5, 0.6) is 0 Å². The van der Waals surface area contributed by atoms with Crippen molar-refractivity contribution >= 4 is 0 Å². The minimum atomic E-state index is 0.599. The fourth-order valence-corrected chi connectivity index (χ4v) is 10.3. The highest BCUT2D eigenvalue weighted by Crippen LogP contribution is 2.67. The number of hydrogen-bond acceptors (Lipinski definition) is 0. The van der Waals surface area contributed by atoms with Gasteiger partial charge in [0.15, 0.2) is 0 Å². The fraction of sp³-hybridized carbons (Fsp3) is 0.333. The van der Waals surface area contributed by atoms with Crippen LogP contribution in [0.2, 0.25) is 0 Å². The highest BCUT2D eigenvalue weighted by molar-refractivity contribution is 5.74. The fourth-order valence-electron chi connectivity index (χ4n) is 10.3. The van der Waals surface area contributed by atoms with E-state index in [2.05, 4.69) is 72.8 Å². The topological polar surface area (TPSA) is 0 Å². The van der Waals surface area contributed by atoms with Gasteiger partial charge in [0, 0.05) is 35.5 Å². The maximum atomic E-state index is 2.47. The Kier molecular flexibility index (Phi) is 3.39. The highest BCUT2D eigenvalue weighted by atomic mass is 14.6. The molecule has 0 heterocycles. The van der Waals surface area contributed by atoms with E-state index in [1.54, 1.807) is 33.4 Å². The summed E-state index contributed by atoms with van der Waals surface area (Å²) in [5.41, 5.74) is 20.8. The van der Waals surface area contributed by atoms with Gasteiger partial charge in [-0.2, -0.15) is 0 Å². The van der Waals surface area contributed by atoms with Gasteiger partial charge in [0.2, 0.25) is 0 Å². The molecule has 9 aliphatic carbocycles. The van der Waals surface area contributed by atoms with Gasteiger partial charge < -0.3 is 0 Å².